The van der Waals surface area contributed by atoms with Gasteiger partial charge in [-0.25, -0.2) is 4.39 Å². The van der Waals surface area contributed by atoms with Gasteiger partial charge in [0.25, 0.3) is 11.7 Å². The molecule has 0 aliphatic carbocycles. The van der Waals surface area contributed by atoms with Crippen LogP contribution < -0.4 is 4.74 Å². The summed E-state index contributed by atoms with van der Waals surface area (Å²) in [6.07, 6.45) is 4.62. The first-order valence-electron chi connectivity index (χ1n) is 11.7. The van der Waals surface area contributed by atoms with Gasteiger partial charge in [-0.3, -0.25) is 9.59 Å². The van der Waals surface area contributed by atoms with E-state index >= 15 is 0 Å². The fraction of sp³-hybridized carbons (Fsp3) is 0.286. The molecule has 1 saturated heterocycles. The number of carbonyl (C=O) groups is 2. The topological polar surface area (TPSA) is 80.0 Å². The van der Waals surface area contributed by atoms with E-state index in [1.54, 1.807) is 43.3 Å². The molecule has 0 saturated carbocycles. The van der Waals surface area contributed by atoms with Gasteiger partial charge in [-0.1, -0.05) is 44.0 Å². The monoisotopic (exact) mass is 477 g/mol. The smallest absolute Gasteiger partial charge is 0.296 e. The maximum absolute atomic E-state index is 14.2. The van der Waals surface area contributed by atoms with Crippen molar-refractivity contribution in [1.29, 1.82) is 0 Å². The molecule has 1 aliphatic heterocycles. The minimum atomic E-state index is -0.876. The largest absolute Gasteiger partial charge is 0.507 e. The number of aliphatic hydroxyl groups is 1. The Morgan fingerprint density at radius 3 is 2.54 bits per heavy atom. The lowest BCUT2D eigenvalue weighted by Crippen LogP contribution is -2.29. The van der Waals surface area contributed by atoms with Crippen LogP contribution in [-0.4, -0.2) is 28.3 Å². The van der Waals surface area contributed by atoms with Crippen LogP contribution in [0.2, 0.25) is 0 Å². The molecule has 1 aromatic heterocycles. The van der Waals surface area contributed by atoms with E-state index in [1.807, 2.05) is 0 Å². The van der Waals surface area contributed by atoms with Crippen LogP contribution in [0.5, 0.6) is 5.75 Å². The molecular formula is C28H28FNO5. The van der Waals surface area contributed by atoms with Gasteiger partial charge in [-0.05, 0) is 54.8 Å². The Bertz CT molecular complexity index is 1230. The fourth-order valence-corrected chi connectivity index (χ4v) is 4.14. The number of ether oxygens (including phenoxy) is 1. The summed E-state index contributed by atoms with van der Waals surface area (Å²) in [6.45, 7) is 4.37. The second kappa shape index (κ2) is 10.6. The van der Waals surface area contributed by atoms with Crippen LogP contribution in [0, 0.1) is 12.7 Å². The van der Waals surface area contributed by atoms with E-state index in [4.69, 9.17) is 9.15 Å². The zero-order valence-corrected chi connectivity index (χ0v) is 19.8. The molecule has 182 valence electrons. The molecule has 6 nitrogen and oxygen atoms in total. The van der Waals surface area contributed by atoms with E-state index in [9.17, 15) is 19.1 Å². The normalized spacial score (nSPS) is 17.2. The average Bonchev–Trinajstić information content (AvgIpc) is 3.46. The molecule has 1 atom stereocenters. The first-order chi connectivity index (χ1) is 16.9. The minimum absolute atomic E-state index is 0.0382. The number of hydrogen-bond donors (Lipinski definition) is 1. The highest BCUT2D eigenvalue weighted by Gasteiger charge is 2.46. The maximum Gasteiger partial charge on any atom is 0.296 e. The molecule has 1 unspecified atom stereocenters. The Morgan fingerprint density at radius 2 is 1.89 bits per heavy atom. The van der Waals surface area contributed by atoms with Gasteiger partial charge in [0.15, 0.2) is 0 Å². The number of nitrogens with zero attached hydrogens (tertiary/aromatic N) is 1. The number of amides is 1. The Labute approximate surface area is 203 Å². The number of carbonyl (C=O) groups excluding carboxylic acids is 2. The molecule has 1 amide bonds. The number of aryl methyl sites for hydroxylation is 1. The summed E-state index contributed by atoms with van der Waals surface area (Å²) in [5.74, 6) is -1.36. The second-order valence-corrected chi connectivity index (χ2v) is 8.59. The van der Waals surface area contributed by atoms with Gasteiger partial charge >= 0.3 is 0 Å². The summed E-state index contributed by atoms with van der Waals surface area (Å²) in [4.78, 5) is 27.5. The lowest BCUT2D eigenvalue weighted by molar-refractivity contribution is -0.140. The van der Waals surface area contributed by atoms with E-state index in [0.717, 1.165) is 25.3 Å². The number of ketones is 1. The highest BCUT2D eigenvalue weighted by molar-refractivity contribution is 6.46. The zero-order valence-electron chi connectivity index (χ0n) is 19.8. The van der Waals surface area contributed by atoms with Crippen molar-refractivity contribution in [1.82, 2.24) is 4.90 Å². The molecule has 1 aliphatic rings. The van der Waals surface area contributed by atoms with Crippen LogP contribution in [0.1, 0.15) is 54.7 Å². The van der Waals surface area contributed by atoms with Gasteiger partial charge in [0.2, 0.25) is 0 Å². The van der Waals surface area contributed by atoms with Crippen LogP contribution >= 0.6 is 0 Å². The van der Waals surface area contributed by atoms with E-state index in [2.05, 4.69) is 6.92 Å². The van der Waals surface area contributed by atoms with Gasteiger partial charge in [0.1, 0.15) is 23.1 Å². The highest BCUT2D eigenvalue weighted by atomic mass is 19.1. The number of halogens is 1. The summed E-state index contributed by atoms with van der Waals surface area (Å²) in [5.41, 5.74) is 1.06. The van der Waals surface area contributed by atoms with E-state index in [-0.39, 0.29) is 17.7 Å². The number of benzene rings is 2. The SMILES string of the molecule is CCCCCOc1ccc(C2/C(=C(\O)c3ccc(C)c(F)c3)C(=O)C(=O)N2Cc2ccco2)cc1. The molecule has 2 heterocycles. The summed E-state index contributed by atoms with van der Waals surface area (Å²) < 4.78 is 25.4. The van der Waals surface area contributed by atoms with Crippen molar-refractivity contribution >= 4 is 17.4 Å². The number of rotatable bonds is 9. The quantitative estimate of drug-likeness (QED) is 0.179. The van der Waals surface area contributed by atoms with Crippen LogP contribution in [0.3, 0.4) is 0 Å². The van der Waals surface area contributed by atoms with E-state index in [1.165, 1.54) is 23.3 Å². The Morgan fingerprint density at radius 1 is 1.11 bits per heavy atom. The molecular weight excluding hydrogens is 449 g/mol. The third-order valence-electron chi connectivity index (χ3n) is 6.10. The molecule has 1 fully saturated rings. The van der Waals surface area contributed by atoms with Crippen LogP contribution in [0.15, 0.2) is 70.9 Å². The standard InChI is InChI=1S/C28H28FNO5/c1-3-4-5-14-34-21-12-10-19(11-13-21)25-24(26(31)20-9-8-18(2)23(29)16-20)27(32)28(33)30(25)17-22-7-6-15-35-22/h6-13,15-16,25,31H,3-5,14,17H2,1-2H3/b26-24+. The number of Topliss-reactive ketones (excluding diaryl/α,β-unsaturated/α-hetero) is 1. The first-order valence-corrected chi connectivity index (χ1v) is 11.7. The minimum Gasteiger partial charge on any atom is -0.507 e. The van der Waals surface area contributed by atoms with Gasteiger partial charge in [0, 0.05) is 5.56 Å². The molecule has 7 heteroatoms. The lowest BCUT2D eigenvalue weighted by atomic mass is 9.95. The van der Waals surface area contributed by atoms with E-state index < -0.39 is 29.3 Å². The number of furan rings is 1. The Balaban J connectivity index is 1.73. The number of unbranched alkanes of at least 4 members (excludes halogenated alkanes) is 2. The van der Waals surface area contributed by atoms with Crippen molar-refractivity contribution < 1.29 is 28.2 Å². The first kappa shape index (κ1) is 24.3. The number of likely N-dealkylation sites (tertiary alicyclic amines) is 1. The number of aliphatic hydroxyl groups excluding tert-OH is 1. The summed E-state index contributed by atoms with van der Waals surface area (Å²) in [6, 6.07) is 13.8. The van der Waals surface area contributed by atoms with Gasteiger partial charge in [-0.2, -0.15) is 0 Å². The molecule has 35 heavy (non-hydrogen) atoms. The van der Waals surface area contributed by atoms with Gasteiger partial charge < -0.3 is 19.2 Å². The second-order valence-electron chi connectivity index (χ2n) is 8.59. The molecule has 0 spiro atoms. The van der Waals surface area contributed by atoms with Crippen molar-refractivity contribution in [2.75, 3.05) is 6.61 Å². The highest BCUT2D eigenvalue weighted by Crippen LogP contribution is 2.40. The fourth-order valence-electron chi connectivity index (χ4n) is 4.14. The van der Waals surface area contributed by atoms with Gasteiger partial charge in [0.05, 0.1) is 31.0 Å². The zero-order chi connectivity index (χ0) is 24.9. The molecule has 3 aromatic rings. The van der Waals surface area contributed by atoms with Crippen molar-refractivity contribution in [2.45, 2.75) is 45.7 Å². The molecule has 0 radical (unpaired) electrons. The molecule has 2 aromatic carbocycles. The summed E-state index contributed by atoms with van der Waals surface area (Å²) in [7, 11) is 0. The van der Waals surface area contributed by atoms with Crippen LogP contribution in [0.25, 0.3) is 5.76 Å². The third kappa shape index (κ3) is 5.14. The van der Waals surface area contributed by atoms with Crippen molar-refractivity contribution in [3.05, 3.63) is 94.7 Å². The Hall–Kier alpha value is -3.87. The molecule has 1 N–H and O–H groups in total. The maximum atomic E-state index is 14.2. The number of hydrogen-bond acceptors (Lipinski definition) is 5. The van der Waals surface area contributed by atoms with Crippen LogP contribution in [-0.2, 0) is 16.1 Å². The Kier molecular flexibility index (Phi) is 7.34. The van der Waals surface area contributed by atoms with Gasteiger partial charge in [-0.15, -0.1) is 0 Å². The predicted molar refractivity (Wildman–Crippen MR) is 129 cm³/mol. The average molecular weight is 478 g/mol. The predicted octanol–water partition coefficient (Wildman–Crippen LogP) is 5.92. The van der Waals surface area contributed by atoms with Crippen molar-refractivity contribution in [2.24, 2.45) is 0 Å². The molecule has 4 rings (SSSR count). The van der Waals surface area contributed by atoms with Crippen molar-refractivity contribution in [3.63, 3.8) is 0 Å². The lowest BCUT2D eigenvalue weighted by Gasteiger charge is -2.24. The summed E-state index contributed by atoms with van der Waals surface area (Å²) >= 11 is 0. The van der Waals surface area contributed by atoms with Crippen molar-refractivity contribution in [3.8, 4) is 5.75 Å². The third-order valence-corrected chi connectivity index (χ3v) is 6.10. The van der Waals surface area contributed by atoms with Crippen LogP contribution in [0.4, 0.5) is 4.39 Å². The summed E-state index contributed by atoms with van der Waals surface area (Å²) in [5, 5.41) is 11.1. The molecule has 0 bridgehead atoms. The van der Waals surface area contributed by atoms with E-state index in [0.29, 0.717) is 29.2 Å².